The van der Waals surface area contributed by atoms with Gasteiger partial charge in [-0.15, -0.1) is 0 Å². The fourth-order valence-electron chi connectivity index (χ4n) is 4.57. The molecule has 1 aliphatic heterocycles. The van der Waals surface area contributed by atoms with Crippen molar-refractivity contribution in [2.75, 3.05) is 50.5 Å². The van der Waals surface area contributed by atoms with E-state index in [1.807, 2.05) is 30.3 Å². The molecule has 0 unspecified atom stereocenters. The van der Waals surface area contributed by atoms with Crippen molar-refractivity contribution in [1.29, 1.82) is 0 Å². The van der Waals surface area contributed by atoms with Crippen LogP contribution in [-0.4, -0.2) is 82.8 Å². The first-order chi connectivity index (χ1) is 18.3. The van der Waals surface area contributed by atoms with Gasteiger partial charge >= 0.3 is 5.97 Å². The van der Waals surface area contributed by atoms with Crippen molar-refractivity contribution in [1.82, 2.24) is 19.9 Å². The monoisotopic (exact) mass is 528 g/mol. The van der Waals surface area contributed by atoms with E-state index < -0.39 is 24.5 Å². The number of pyridine rings is 1. The second-order valence-electron chi connectivity index (χ2n) is 9.53. The molecule has 1 aliphatic rings. The van der Waals surface area contributed by atoms with Gasteiger partial charge in [0.15, 0.2) is 0 Å². The number of aromatic nitrogens is 3. The summed E-state index contributed by atoms with van der Waals surface area (Å²) in [4.78, 5) is 26.5. The number of anilines is 2. The molecule has 9 nitrogen and oxygen atoms in total. The molecule has 3 heterocycles. The van der Waals surface area contributed by atoms with Crippen LogP contribution in [0.5, 0.6) is 0 Å². The van der Waals surface area contributed by atoms with E-state index in [4.69, 9.17) is 4.74 Å². The summed E-state index contributed by atoms with van der Waals surface area (Å²) in [7, 11) is 1.51. The second kappa shape index (κ2) is 12.9. The number of carbonyl (C=O) groups is 1. The zero-order chi connectivity index (χ0) is 27.0. The first-order valence-corrected chi connectivity index (χ1v) is 12.9. The average molecular weight is 529 g/mol. The molecular weight excluding hydrogens is 494 g/mol. The molecule has 1 atom stereocenters. The number of benzene rings is 1. The molecular formula is C27H34F2N6O3. The van der Waals surface area contributed by atoms with Crippen molar-refractivity contribution in [3.63, 3.8) is 0 Å². The fraction of sp³-hybridized carbons (Fsp3) is 0.481. The van der Waals surface area contributed by atoms with Crippen molar-refractivity contribution < 1.29 is 23.4 Å². The molecule has 0 saturated carbocycles. The molecule has 0 saturated heterocycles. The quantitative estimate of drug-likeness (QED) is 0.287. The van der Waals surface area contributed by atoms with Crippen LogP contribution in [0, 0.1) is 0 Å². The molecule has 0 radical (unpaired) electrons. The number of halogens is 2. The molecule has 0 aliphatic carbocycles. The number of fused-ring (bicyclic) bond motifs is 2. The van der Waals surface area contributed by atoms with Crippen LogP contribution in [-0.2, 0) is 22.4 Å². The van der Waals surface area contributed by atoms with Gasteiger partial charge in [0.2, 0.25) is 0 Å². The lowest BCUT2D eigenvalue weighted by molar-refractivity contribution is -0.138. The number of carboxylic acid groups (broad SMARTS) is 1. The zero-order valence-corrected chi connectivity index (χ0v) is 21.5. The first-order valence-electron chi connectivity index (χ1n) is 12.9. The van der Waals surface area contributed by atoms with Crippen LogP contribution in [0.15, 0.2) is 42.7 Å². The lowest BCUT2D eigenvalue weighted by Gasteiger charge is -2.28. The molecule has 0 amide bonds. The predicted molar refractivity (Wildman–Crippen MR) is 142 cm³/mol. The van der Waals surface area contributed by atoms with Crippen LogP contribution in [0.3, 0.4) is 0 Å². The van der Waals surface area contributed by atoms with Gasteiger partial charge in [-0.1, -0.05) is 18.2 Å². The predicted octanol–water partition coefficient (Wildman–Crippen LogP) is 3.85. The van der Waals surface area contributed by atoms with Crippen LogP contribution in [0.2, 0.25) is 0 Å². The minimum Gasteiger partial charge on any atom is -0.480 e. The summed E-state index contributed by atoms with van der Waals surface area (Å²) < 4.78 is 35.2. The Balaban J connectivity index is 1.37. The molecule has 38 heavy (non-hydrogen) atoms. The molecule has 0 fully saturated rings. The Morgan fingerprint density at radius 1 is 1.24 bits per heavy atom. The van der Waals surface area contributed by atoms with Gasteiger partial charge in [0.25, 0.3) is 5.92 Å². The number of rotatable bonds is 14. The van der Waals surface area contributed by atoms with Gasteiger partial charge in [-0.3, -0.25) is 4.90 Å². The minimum atomic E-state index is -2.98. The second-order valence-corrected chi connectivity index (χ2v) is 9.53. The van der Waals surface area contributed by atoms with E-state index in [0.717, 1.165) is 30.8 Å². The van der Waals surface area contributed by atoms with Gasteiger partial charge in [0.05, 0.1) is 18.7 Å². The van der Waals surface area contributed by atoms with Crippen LogP contribution in [0.1, 0.15) is 30.5 Å². The highest BCUT2D eigenvalue weighted by Gasteiger charge is 2.32. The SMILES string of the molecule is COCCN(CC[C@H](Nc1ncnc2ccccc12)C(=O)O)CC(F)(F)CCc1ccc2c(n1)NCCC2. The number of nitrogens with zero attached hydrogens (tertiary/aromatic N) is 4. The van der Waals surface area contributed by atoms with E-state index >= 15 is 8.78 Å². The lowest BCUT2D eigenvalue weighted by Crippen LogP contribution is -2.42. The van der Waals surface area contributed by atoms with E-state index in [0.29, 0.717) is 22.4 Å². The zero-order valence-electron chi connectivity index (χ0n) is 21.5. The lowest BCUT2D eigenvalue weighted by atomic mass is 10.0. The standard InChI is InChI=1S/C27H34F2N6O3/c1-38-16-15-35(17-27(28,29)12-10-20-9-8-19-5-4-13-30-24(19)33-20)14-11-23(26(36)37)34-25-21-6-2-3-7-22(21)31-18-32-25/h2-3,6-9,18,23H,4-5,10-17H2,1H3,(H,30,33)(H,36,37)(H,31,32,34)/t23-/m0/s1. The number of alkyl halides is 2. The summed E-state index contributed by atoms with van der Waals surface area (Å²) in [6, 6.07) is 10.0. The van der Waals surface area contributed by atoms with E-state index in [1.54, 1.807) is 11.0 Å². The molecule has 11 heteroatoms. The van der Waals surface area contributed by atoms with Crippen LogP contribution >= 0.6 is 0 Å². The number of methoxy groups -OCH3 is 1. The largest absolute Gasteiger partial charge is 0.480 e. The Labute approximate surface area is 220 Å². The van der Waals surface area contributed by atoms with E-state index in [9.17, 15) is 9.90 Å². The topological polar surface area (TPSA) is 112 Å². The number of carboxylic acids is 1. The average Bonchev–Trinajstić information content (AvgIpc) is 2.92. The van der Waals surface area contributed by atoms with Gasteiger partial charge in [0, 0.05) is 44.2 Å². The summed E-state index contributed by atoms with van der Waals surface area (Å²) >= 11 is 0. The first kappa shape index (κ1) is 27.6. The smallest absolute Gasteiger partial charge is 0.326 e. The van der Waals surface area contributed by atoms with Crippen molar-refractivity contribution in [3.8, 4) is 0 Å². The van der Waals surface area contributed by atoms with E-state index in [1.165, 1.54) is 13.4 Å². The normalized spacial score (nSPS) is 14.2. The van der Waals surface area contributed by atoms with Gasteiger partial charge in [-0.25, -0.2) is 28.5 Å². The third kappa shape index (κ3) is 7.55. The molecule has 204 valence electrons. The molecule has 2 aromatic heterocycles. The van der Waals surface area contributed by atoms with Crippen LogP contribution in [0.4, 0.5) is 20.4 Å². The maximum atomic E-state index is 15.1. The third-order valence-electron chi connectivity index (χ3n) is 6.65. The molecule has 0 bridgehead atoms. The fourth-order valence-corrected chi connectivity index (χ4v) is 4.57. The summed E-state index contributed by atoms with van der Waals surface area (Å²) in [5, 5.41) is 16.7. The van der Waals surface area contributed by atoms with Gasteiger partial charge < -0.3 is 20.5 Å². The molecule has 3 N–H and O–H groups in total. The number of aryl methyl sites for hydroxylation is 2. The number of ether oxygens (including phenoxy) is 1. The molecule has 1 aromatic carbocycles. The van der Waals surface area contributed by atoms with Crippen LogP contribution in [0.25, 0.3) is 10.9 Å². The number of nitrogens with one attached hydrogen (secondary N) is 2. The third-order valence-corrected chi connectivity index (χ3v) is 6.65. The number of hydrogen-bond acceptors (Lipinski definition) is 8. The Bertz CT molecular complexity index is 1220. The van der Waals surface area contributed by atoms with Gasteiger partial charge in [-0.2, -0.15) is 0 Å². The van der Waals surface area contributed by atoms with E-state index in [-0.39, 0.29) is 39.0 Å². The summed E-state index contributed by atoms with van der Waals surface area (Å²) in [5.74, 6) is -2.88. The summed E-state index contributed by atoms with van der Waals surface area (Å²) in [5.41, 5.74) is 2.43. The van der Waals surface area contributed by atoms with Crippen LogP contribution < -0.4 is 10.6 Å². The molecule has 3 aromatic rings. The molecule has 0 spiro atoms. The minimum absolute atomic E-state index is 0.103. The number of para-hydroxylation sites is 1. The Morgan fingerprint density at radius 3 is 2.89 bits per heavy atom. The molecule has 4 rings (SSSR count). The van der Waals surface area contributed by atoms with E-state index in [2.05, 4.69) is 25.6 Å². The Hall–Kier alpha value is -3.44. The summed E-state index contributed by atoms with van der Waals surface area (Å²) in [6.07, 6.45) is 3.25. The maximum Gasteiger partial charge on any atom is 0.326 e. The highest BCUT2D eigenvalue weighted by Crippen LogP contribution is 2.25. The highest BCUT2D eigenvalue weighted by molar-refractivity contribution is 5.90. The highest BCUT2D eigenvalue weighted by atomic mass is 19.3. The number of hydrogen-bond donors (Lipinski definition) is 3. The Morgan fingerprint density at radius 2 is 2.08 bits per heavy atom. The maximum absolute atomic E-state index is 15.1. The van der Waals surface area contributed by atoms with Crippen molar-refractivity contribution >= 4 is 28.5 Å². The van der Waals surface area contributed by atoms with Crippen molar-refractivity contribution in [2.45, 2.75) is 44.1 Å². The van der Waals surface area contributed by atoms with Crippen molar-refractivity contribution in [2.24, 2.45) is 0 Å². The number of aliphatic carboxylic acids is 1. The summed E-state index contributed by atoms with van der Waals surface area (Å²) in [6.45, 7) is 1.01. The Kier molecular flexibility index (Phi) is 9.35. The van der Waals surface area contributed by atoms with Crippen molar-refractivity contribution in [3.05, 3.63) is 54.0 Å². The van der Waals surface area contributed by atoms with Gasteiger partial charge in [-0.05, 0) is 49.4 Å². The van der Waals surface area contributed by atoms with Gasteiger partial charge in [0.1, 0.15) is 24.0 Å².